The lowest BCUT2D eigenvalue weighted by Crippen LogP contribution is -2.09. The number of hydrogen-bond donors (Lipinski definition) is 1. The summed E-state index contributed by atoms with van der Waals surface area (Å²) in [5, 5.41) is 3.09. The summed E-state index contributed by atoms with van der Waals surface area (Å²) in [7, 11) is -6.13. The van der Waals surface area contributed by atoms with Crippen LogP contribution < -0.4 is 14.8 Å². The fourth-order valence-electron chi connectivity index (χ4n) is 2.51. The third-order valence-electron chi connectivity index (χ3n) is 3.80. The van der Waals surface area contributed by atoms with Crippen LogP contribution in [0.25, 0.3) is 10.9 Å². The summed E-state index contributed by atoms with van der Waals surface area (Å²) >= 11 is 0. The molecular formula is C21H24FN3O4. The van der Waals surface area contributed by atoms with Crippen LogP contribution >= 0.6 is 0 Å². The minimum absolute atomic E-state index is 0.0980. The number of fused-ring (bicyclic) bond motifs is 1. The van der Waals surface area contributed by atoms with Crippen molar-refractivity contribution in [1.82, 2.24) is 9.97 Å². The van der Waals surface area contributed by atoms with Crippen LogP contribution in [0.3, 0.4) is 0 Å². The SMILES string of the molecule is [2H]C([2H])([2H])OC([2H])([2H])COc1cc2ncnc(Nc3ccc(C)cc3F)c2cc1OCC([2H])([2H])OC([2H])([2H])[2H]. The standard InChI is InChI=1S/C21H24FN3O4/c1-14-4-5-17(16(22)10-14)25-21-15-11-19(28-8-6-26-2)20(29-9-7-27-3)12-18(15)23-13-24-21/h4-5,10-13H,6-9H2,1-3H3,(H,23,24,25)/i2D3,3D3,6D2,7D2. The molecule has 0 unspecified atom stereocenters. The Labute approximate surface area is 182 Å². The lowest BCUT2D eigenvalue weighted by molar-refractivity contribution is 0.132. The van der Waals surface area contributed by atoms with Gasteiger partial charge in [-0.05, 0) is 30.7 Å². The number of ether oxygens (including phenoxy) is 4. The normalized spacial score (nSPS) is 17.9. The molecule has 0 spiro atoms. The molecule has 0 bridgehead atoms. The largest absolute Gasteiger partial charge is 0.487 e. The third-order valence-corrected chi connectivity index (χ3v) is 3.80. The molecule has 8 heteroatoms. The van der Waals surface area contributed by atoms with Gasteiger partial charge in [0.2, 0.25) is 0 Å². The van der Waals surface area contributed by atoms with E-state index >= 15 is 0 Å². The van der Waals surface area contributed by atoms with E-state index in [2.05, 4.69) is 24.8 Å². The molecule has 0 fully saturated rings. The Morgan fingerprint density at radius 2 is 1.76 bits per heavy atom. The highest BCUT2D eigenvalue weighted by Gasteiger charge is 2.14. The van der Waals surface area contributed by atoms with E-state index in [0.29, 0.717) is 5.56 Å². The highest BCUT2D eigenvalue weighted by atomic mass is 19.1. The van der Waals surface area contributed by atoms with Crippen LogP contribution in [0.4, 0.5) is 15.9 Å². The van der Waals surface area contributed by atoms with Crippen LogP contribution in [-0.4, -0.2) is 50.4 Å². The van der Waals surface area contributed by atoms with E-state index in [-0.39, 0.29) is 33.9 Å². The molecule has 0 saturated heterocycles. The highest BCUT2D eigenvalue weighted by molar-refractivity contribution is 5.93. The number of nitrogens with zero attached hydrogens (tertiary/aromatic N) is 2. The van der Waals surface area contributed by atoms with Crippen molar-refractivity contribution in [3.8, 4) is 11.5 Å². The molecule has 0 radical (unpaired) electrons. The van der Waals surface area contributed by atoms with Crippen LogP contribution in [-0.2, 0) is 9.47 Å². The number of methoxy groups -OCH3 is 2. The summed E-state index contributed by atoms with van der Waals surface area (Å²) in [5.74, 6) is -0.865. The van der Waals surface area contributed by atoms with Gasteiger partial charge in [0.15, 0.2) is 11.5 Å². The second kappa shape index (κ2) is 9.99. The van der Waals surface area contributed by atoms with Crippen molar-refractivity contribution < 1.29 is 37.0 Å². The van der Waals surface area contributed by atoms with Gasteiger partial charge in [0.05, 0.1) is 38.0 Å². The second-order valence-corrected chi connectivity index (χ2v) is 5.72. The average molecular weight is 411 g/mol. The van der Waals surface area contributed by atoms with Gasteiger partial charge in [-0.15, -0.1) is 0 Å². The molecular weight excluding hydrogens is 377 g/mol. The number of halogens is 1. The van der Waals surface area contributed by atoms with Gasteiger partial charge in [0, 0.05) is 25.5 Å². The van der Waals surface area contributed by atoms with Crippen molar-refractivity contribution in [3.05, 3.63) is 48.0 Å². The molecule has 0 aliphatic rings. The summed E-state index contributed by atoms with van der Waals surface area (Å²) in [6, 6.07) is 7.05. The average Bonchev–Trinajstić information content (AvgIpc) is 2.75. The molecule has 7 nitrogen and oxygen atoms in total. The van der Waals surface area contributed by atoms with Gasteiger partial charge in [-0.2, -0.15) is 0 Å². The zero-order chi connectivity index (χ0) is 29.2. The van der Waals surface area contributed by atoms with Gasteiger partial charge in [-0.25, -0.2) is 14.4 Å². The molecule has 154 valence electrons. The maximum atomic E-state index is 14.5. The summed E-state index contributed by atoms with van der Waals surface area (Å²) in [5.41, 5.74) is 1.00. The number of aromatic nitrogens is 2. The van der Waals surface area contributed by atoms with Crippen molar-refractivity contribution in [2.75, 3.05) is 45.7 Å². The second-order valence-electron chi connectivity index (χ2n) is 5.72. The first-order valence-electron chi connectivity index (χ1n) is 13.3. The molecule has 2 aromatic carbocycles. The molecule has 1 N–H and O–H groups in total. The maximum Gasteiger partial charge on any atom is 0.163 e. The number of anilines is 2. The minimum atomic E-state index is -3.07. The van der Waals surface area contributed by atoms with E-state index in [9.17, 15) is 4.39 Å². The number of benzene rings is 2. The van der Waals surface area contributed by atoms with Gasteiger partial charge < -0.3 is 24.3 Å². The monoisotopic (exact) mass is 411 g/mol. The predicted molar refractivity (Wildman–Crippen MR) is 109 cm³/mol. The Balaban J connectivity index is 1.99. The molecule has 3 aromatic rings. The Bertz CT molecular complexity index is 1320. The first-order chi connectivity index (χ1) is 17.8. The van der Waals surface area contributed by atoms with E-state index in [1.54, 1.807) is 13.0 Å². The van der Waals surface area contributed by atoms with Crippen molar-refractivity contribution in [2.24, 2.45) is 0 Å². The molecule has 0 amide bonds. The first-order valence-corrected chi connectivity index (χ1v) is 8.30. The summed E-state index contributed by atoms with van der Waals surface area (Å²) < 4.78 is 108. The number of aryl methyl sites for hydroxylation is 1. The molecule has 3 rings (SSSR count). The molecule has 0 atom stereocenters. The number of rotatable bonds is 10. The van der Waals surface area contributed by atoms with Crippen LogP contribution in [0, 0.1) is 12.7 Å². The molecule has 1 heterocycles. The number of nitrogens with one attached hydrogen (secondary N) is 1. The molecule has 1 aromatic heterocycles. The van der Waals surface area contributed by atoms with E-state index in [0.717, 1.165) is 0 Å². The fraction of sp³-hybridized carbons (Fsp3) is 0.333. The molecule has 29 heavy (non-hydrogen) atoms. The lowest BCUT2D eigenvalue weighted by Gasteiger charge is -2.15. The third kappa shape index (κ3) is 5.30. The maximum absolute atomic E-state index is 14.5. The Morgan fingerprint density at radius 1 is 1.03 bits per heavy atom. The van der Waals surface area contributed by atoms with Crippen LogP contribution in [0.5, 0.6) is 11.5 Å². The summed E-state index contributed by atoms with van der Waals surface area (Å²) in [4.78, 5) is 8.23. The van der Waals surface area contributed by atoms with Crippen LogP contribution in [0.15, 0.2) is 36.7 Å². The van der Waals surface area contributed by atoms with E-state index in [1.165, 1.54) is 30.6 Å². The first kappa shape index (κ1) is 11.3. The van der Waals surface area contributed by atoms with Gasteiger partial charge in [0.1, 0.15) is 31.2 Å². The zero-order valence-corrected chi connectivity index (χ0v) is 15.3. The highest BCUT2D eigenvalue weighted by Crippen LogP contribution is 2.35. The predicted octanol–water partition coefficient (Wildman–Crippen LogP) is 3.87. The van der Waals surface area contributed by atoms with Crippen molar-refractivity contribution >= 4 is 22.4 Å². The van der Waals surface area contributed by atoms with Gasteiger partial charge >= 0.3 is 0 Å². The van der Waals surface area contributed by atoms with E-state index < -0.39 is 46.2 Å². The number of hydrogen-bond acceptors (Lipinski definition) is 7. The van der Waals surface area contributed by atoms with Crippen molar-refractivity contribution in [3.63, 3.8) is 0 Å². The van der Waals surface area contributed by atoms with Crippen LogP contribution in [0.2, 0.25) is 0 Å². The van der Waals surface area contributed by atoms with Crippen LogP contribution in [0.1, 0.15) is 19.3 Å². The smallest absolute Gasteiger partial charge is 0.163 e. The minimum Gasteiger partial charge on any atom is -0.487 e. The Kier molecular flexibility index (Phi) is 3.89. The summed E-state index contributed by atoms with van der Waals surface area (Å²) in [6.45, 7) is -5.68. The molecule has 0 aliphatic carbocycles. The van der Waals surface area contributed by atoms with E-state index in [1.807, 2.05) is 0 Å². The molecule has 0 aliphatic heterocycles. The summed E-state index contributed by atoms with van der Waals surface area (Å²) in [6.07, 6.45) is 1.17. The van der Waals surface area contributed by atoms with Gasteiger partial charge in [-0.1, -0.05) is 6.07 Å². The quantitative estimate of drug-likeness (QED) is 0.543. The van der Waals surface area contributed by atoms with Crippen molar-refractivity contribution in [2.45, 2.75) is 6.92 Å². The lowest BCUT2D eigenvalue weighted by atomic mass is 10.2. The molecule has 0 saturated carbocycles. The van der Waals surface area contributed by atoms with Gasteiger partial charge in [-0.3, -0.25) is 0 Å². The Morgan fingerprint density at radius 3 is 2.45 bits per heavy atom. The topological polar surface area (TPSA) is 74.7 Å². The van der Waals surface area contributed by atoms with Gasteiger partial charge in [0.25, 0.3) is 0 Å². The van der Waals surface area contributed by atoms with Crippen molar-refractivity contribution in [1.29, 1.82) is 0 Å². The Hall–Kier alpha value is -2.97. The van der Waals surface area contributed by atoms with E-state index in [4.69, 9.17) is 23.2 Å². The fourth-order valence-corrected chi connectivity index (χ4v) is 2.51. The zero-order valence-electron chi connectivity index (χ0n) is 25.3.